The van der Waals surface area contributed by atoms with Gasteiger partial charge in [-0.1, -0.05) is 13.8 Å². The number of halogens is 2. The van der Waals surface area contributed by atoms with Gasteiger partial charge in [0.1, 0.15) is 0 Å². The van der Waals surface area contributed by atoms with Crippen LogP contribution in [0, 0.1) is 5.41 Å². The van der Waals surface area contributed by atoms with E-state index in [0.29, 0.717) is 6.54 Å². The standard InChI is InChI=1S/C12H26F2N2/c1-11(2,3)15-8-12(4,5)9-16(6)7-10(13)14/h10,15H,7-9H2,1-6H3. The summed E-state index contributed by atoms with van der Waals surface area (Å²) in [4.78, 5) is 1.69. The van der Waals surface area contributed by atoms with Gasteiger partial charge in [-0.2, -0.15) is 0 Å². The molecule has 4 heteroatoms. The summed E-state index contributed by atoms with van der Waals surface area (Å²) in [5.74, 6) is 0. The van der Waals surface area contributed by atoms with E-state index in [0.717, 1.165) is 6.54 Å². The van der Waals surface area contributed by atoms with Gasteiger partial charge >= 0.3 is 0 Å². The first-order chi connectivity index (χ1) is 7.02. The normalized spacial score (nSPS) is 13.9. The van der Waals surface area contributed by atoms with Crippen molar-refractivity contribution < 1.29 is 8.78 Å². The molecule has 98 valence electrons. The number of nitrogens with zero attached hydrogens (tertiary/aromatic N) is 1. The van der Waals surface area contributed by atoms with E-state index in [9.17, 15) is 8.78 Å². The molecule has 0 atom stereocenters. The third-order valence-electron chi connectivity index (χ3n) is 2.24. The smallest absolute Gasteiger partial charge is 0.251 e. The number of hydrogen-bond acceptors (Lipinski definition) is 2. The molecule has 0 fully saturated rings. The molecule has 0 saturated carbocycles. The summed E-state index contributed by atoms with van der Waals surface area (Å²) >= 11 is 0. The molecule has 0 unspecified atom stereocenters. The summed E-state index contributed by atoms with van der Waals surface area (Å²) in [5, 5.41) is 3.41. The first kappa shape index (κ1) is 15.8. The lowest BCUT2D eigenvalue weighted by Gasteiger charge is -2.33. The predicted octanol–water partition coefficient (Wildman–Crippen LogP) is 2.60. The van der Waals surface area contributed by atoms with Crippen LogP contribution in [-0.2, 0) is 0 Å². The predicted molar refractivity (Wildman–Crippen MR) is 65.0 cm³/mol. The van der Waals surface area contributed by atoms with Gasteiger partial charge in [-0.15, -0.1) is 0 Å². The van der Waals surface area contributed by atoms with Crippen LogP contribution in [0.4, 0.5) is 8.78 Å². The second-order valence-electron chi connectivity index (χ2n) is 6.36. The minimum Gasteiger partial charge on any atom is -0.311 e. The Morgan fingerprint density at radius 1 is 1.12 bits per heavy atom. The maximum Gasteiger partial charge on any atom is 0.251 e. The first-order valence-electron chi connectivity index (χ1n) is 5.74. The summed E-state index contributed by atoms with van der Waals surface area (Å²) in [6, 6.07) is 0. The van der Waals surface area contributed by atoms with E-state index in [-0.39, 0.29) is 17.5 Å². The Balaban J connectivity index is 4.03. The topological polar surface area (TPSA) is 15.3 Å². The lowest BCUT2D eigenvalue weighted by Crippen LogP contribution is -2.46. The molecule has 0 aliphatic carbocycles. The average Bonchev–Trinajstić information content (AvgIpc) is 1.96. The van der Waals surface area contributed by atoms with Crippen LogP contribution >= 0.6 is 0 Å². The van der Waals surface area contributed by atoms with Crippen molar-refractivity contribution in [2.45, 2.75) is 46.6 Å². The molecule has 0 radical (unpaired) electrons. The van der Waals surface area contributed by atoms with Crippen LogP contribution < -0.4 is 5.32 Å². The highest BCUT2D eigenvalue weighted by Crippen LogP contribution is 2.17. The third kappa shape index (κ3) is 9.04. The summed E-state index contributed by atoms with van der Waals surface area (Å²) in [6.07, 6.45) is -2.25. The summed E-state index contributed by atoms with van der Waals surface area (Å²) in [5.41, 5.74) is 0.0650. The zero-order chi connectivity index (χ0) is 13.0. The lowest BCUT2D eigenvalue weighted by atomic mass is 9.91. The fourth-order valence-electron chi connectivity index (χ4n) is 1.59. The second-order valence-corrected chi connectivity index (χ2v) is 6.36. The Kier molecular flexibility index (Phi) is 5.84. The van der Waals surface area contributed by atoms with Crippen molar-refractivity contribution in [2.75, 3.05) is 26.7 Å². The first-order valence-corrected chi connectivity index (χ1v) is 5.74. The Bertz CT molecular complexity index is 198. The molecular formula is C12H26F2N2. The van der Waals surface area contributed by atoms with Crippen LogP contribution in [-0.4, -0.2) is 43.5 Å². The van der Waals surface area contributed by atoms with Crippen LogP contribution in [0.15, 0.2) is 0 Å². The molecule has 0 aliphatic heterocycles. The van der Waals surface area contributed by atoms with Gasteiger partial charge in [0, 0.05) is 18.6 Å². The van der Waals surface area contributed by atoms with E-state index in [1.165, 1.54) is 0 Å². The van der Waals surface area contributed by atoms with Crippen molar-refractivity contribution in [2.24, 2.45) is 5.41 Å². The quantitative estimate of drug-likeness (QED) is 0.762. The van der Waals surface area contributed by atoms with E-state index in [1.807, 2.05) is 0 Å². The van der Waals surface area contributed by atoms with Gasteiger partial charge in [0.25, 0.3) is 6.43 Å². The van der Waals surface area contributed by atoms with Crippen molar-refractivity contribution in [1.82, 2.24) is 10.2 Å². The van der Waals surface area contributed by atoms with Crippen molar-refractivity contribution in [3.63, 3.8) is 0 Å². The zero-order valence-electron chi connectivity index (χ0n) is 11.4. The molecule has 0 aliphatic rings. The van der Waals surface area contributed by atoms with Gasteiger partial charge in [0.05, 0.1) is 6.54 Å². The summed E-state index contributed by atoms with van der Waals surface area (Å²) in [6.45, 7) is 11.8. The SMILES string of the molecule is CN(CC(F)F)CC(C)(C)CNC(C)(C)C. The van der Waals surface area contributed by atoms with Gasteiger partial charge < -0.3 is 10.2 Å². The monoisotopic (exact) mass is 236 g/mol. The molecule has 0 amide bonds. The Hall–Kier alpha value is -0.220. The molecule has 0 bridgehead atoms. The van der Waals surface area contributed by atoms with E-state index in [2.05, 4.69) is 39.9 Å². The maximum atomic E-state index is 12.2. The third-order valence-corrected chi connectivity index (χ3v) is 2.24. The maximum absolute atomic E-state index is 12.2. The number of rotatable bonds is 6. The summed E-state index contributed by atoms with van der Waals surface area (Å²) in [7, 11) is 1.74. The van der Waals surface area contributed by atoms with E-state index < -0.39 is 6.43 Å². The minimum atomic E-state index is -2.25. The van der Waals surface area contributed by atoms with Crippen LogP contribution in [0.25, 0.3) is 0 Å². The molecule has 0 spiro atoms. The highest BCUT2D eigenvalue weighted by molar-refractivity contribution is 4.80. The molecule has 2 nitrogen and oxygen atoms in total. The zero-order valence-corrected chi connectivity index (χ0v) is 11.4. The molecular weight excluding hydrogens is 210 g/mol. The minimum absolute atomic E-state index is 0.00306. The van der Waals surface area contributed by atoms with E-state index >= 15 is 0 Å². The van der Waals surface area contributed by atoms with Crippen LogP contribution in [0.5, 0.6) is 0 Å². The Morgan fingerprint density at radius 3 is 2.00 bits per heavy atom. The second kappa shape index (κ2) is 5.92. The number of alkyl halides is 2. The molecule has 16 heavy (non-hydrogen) atoms. The Morgan fingerprint density at radius 2 is 1.62 bits per heavy atom. The number of hydrogen-bond donors (Lipinski definition) is 1. The molecule has 0 aromatic heterocycles. The highest BCUT2D eigenvalue weighted by Gasteiger charge is 2.23. The van der Waals surface area contributed by atoms with Gasteiger partial charge in [0.2, 0.25) is 0 Å². The van der Waals surface area contributed by atoms with Crippen molar-refractivity contribution in [3.8, 4) is 0 Å². The number of nitrogens with one attached hydrogen (secondary N) is 1. The van der Waals surface area contributed by atoms with Gasteiger partial charge in [-0.3, -0.25) is 0 Å². The van der Waals surface area contributed by atoms with Crippen molar-refractivity contribution in [3.05, 3.63) is 0 Å². The van der Waals surface area contributed by atoms with Crippen LogP contribution in [0.2, 0.25) is 0 Å². The average molecular weight is 236 g/mol. The highest BCUT2D eigenvalue weighted by atomic mass is 19.3. The van der Waals surface area contributed by atoms with Crippen molar-refractivity contribution in [1.29, 1.82) is 0 Å². The van der Waals surface area contributed by atoms with Gasteiger partial charge in [0.15, 0.2) is 0 Å². The van der Waals surface area contributed by atoms with Gasteiger partial charge in [-0.25, -0.2) is 8.78 Å². The summed E-state index contributed by atoms with van der Waals surface area (Å²) < 4.78 is 24.4. The van der Waals surface area contributed by atoms with E-state index in [4.69, 9.17) is 0 Å². The van der Waals surface area contributed by atoms with Gasteiger partial charge in [-0.05, 0) is 33.2 Å². The molecule has 0 aromatic rings. The molecule has 0 saturated heterocycles. The van der Waals surface area contributed by atoms with Crippen molar-refractivity contribution >= 4 is 0 Å². The molecule has 1 N–H and O–H groups in total. The largest absolute Gasteiger partial charge is 0.311 e. The fourth-order valence-corrected chi connectivity index (χ4v) is 1.59. The molecule has 0 aromatic carbocycles. The fraction of sp³-hybridized carbons (Fsp3) is 1.00. The lowest BCUT2D eigenvalue weighted by molar-refractivity contribution is 0.0807. The van der Waals surface area contributed by atoms with E-state index in [1.54, 1.807) is 11.9 Å². The van der Waals surface area contributed by atoms with Crippen LogP contribution in [0.3, 0.4) is 0 Å². The molecule has 0 heterocycles. The molecule has 0 rings (SSSR count). The Labute approximate surface area is 98.4 Å². The van der Waals surface area contributed by atoms with Crippen LogP contribution in [0.1, 0.15) is 34.6 Å².